The minimum Gasteiger partial charge on any atom is -0.398 e. The molecule has 0 fully saturated rings. The zero-order valence-corrected chi connectivity index (χ0v) is 12.0. The number of benzene rings is 1. The van der Waals surface area contributed by atoms with Gasteiger partial charge in [0.15, 0.2) is 0 Å². The monoisotopic (exact) mass is 305 g/mol. The molecule has 0 radical (unpaired) electrons. The van der Waals surface area contributed by atoms with E-state index in [2.05, 4.69) is 11.1 Å². The fourth-order valence-electron chi connectivity index (χ4n) is 2.51. The summed E-state index contributed by atoms with van der Waals surface area (Å²) in [4.78, 5) is 5.95. The summed E-state index contributed by atoms with van der Waals surface area (Å²) in [7, 11) is -4.21. The Morgan fingerprint density at radius 2 is 2.05 bits per heavy atom. The molecule has 0 amide bonds. The number of anilines is 2. The van der Waals surface area contributed by atoms with E-state index in [4.69, 9.17) is 10.3 Å². The van der Waals surface area contributed by atoms with Gasteiger partial charge in [0.1, 0.15) is 10.7 Å². The molecule has 1 aromatic heterocycles. The minimum atomic E-state index is -4.21. The van der Waals surface area contributed by atoms with Crippen molar-refractivity contribution >= 4 is 21.6 Å². The molecule has 0 bridgehead atoms. The van der Waals surface area contributed by atoms with Gasteiger partial charge in [-0.05, 0) is 35.7 Å². The smallest absolute Gasteiger partial charge is 0.296 e. The fraction of sp³-hybridized carbons (Fsp3) is 0.214. The zero-order chi connectivity index (χ0) is 15.0. The van der Waals surface area contributed by atoms with Crippen molar-refractivity contribution in [3.63, 3.8) is 0 Å². The first-order chi connectivity index (χ1) is 9.95. The molecule has 2 heterocycles. The first kappa shape index (κ1) is 13.8. The first-order valence-corrected chi connectivity index (χ1v) is 7.94. The number of nitrogens with two attached hydrogens (primary N) is 1. The Bertz CT molecular complexity index is 773. The number of pyridine rings is 1. The molecule has 1 aliphatic rings. The topological polar surface area (TPSA) is 96.5 Å². The predicted octanol–water partition coefficient (Wildman–Crippen LogP) is 1.47. The van der Waals surface area contributed by atoms with E-state index in [1.165, 1.54) is 11.6 Å². The van der Waals surface area contributed by atoms with Crippen LogP contribution in [0.5, 0.6) is 0 Å². The highest BCUT2D eigenvalue weighted by atomic mass is 32.2. The molecule has 3 rings (SSSR count). The van der Waals surface area contributed by atoms with E-state index in [1.807, 2.05) is 17.0 Å². The zero-order valence-electron chi connectivity index (χ0n) is 11.2. The second kappa shape index (κ2) is 5.01. The van der Waals surface area contributed by atoms with Crippen molar-refractivity contribution in [2.45, 2.75) is 17.9 Å². The van der Waals surface area contributed by atoms with Crippen LogP contribution in [0, 0.1) is 0 Å². The lowest BCUT2D eigenvalue weighted by Gasteiger charge is -2.30. The SMILES string of the molecule is Nc1cccc2c1CN(c1ccc(S(=O)(=O)O)cn1)CC2. The van der Waals surface area contributed by atoms with Gasteiger partial charge in [0.2, 0.25) is 0 Å². The van der Waals surface area contributed by atoms with Crippen molar-refractivity contribution in [1.29, 1.82) is 0 Å². The molecule has 0 aliphatic carbocycles. The Hall–Kier alpha value is -2.12. The second-order valence-electron chi connectivity index (χ2n) is 4.98. The third-order valence-corrected chi connectivity index (χ3v) is 4.49. The summed E-state index contributed by atoms with van der Waals surface area (Å²) >= 11 is 0. The molecule has 110 valence electrons. The molecule has 0 spiro atoms. The van der Waals surface area contributed by atoms with Crippen LogP contribution in [0.25, 0.3) is 0 Å². The van der Waals surface area contributed by atoms with Crippen LogP contribution in [0.1, 0.15) is 11.1 Å². The van der Waals surface area contributed by atoms with Crippen molar-refractivity contribution in [3.05, 3.63) is 47.7 Å². The molecule has 2 aromatic rings. The third kappa shape index (κ3) is 2.70. The summed E-state index contributed by atoms with van der Waals surface area (Å²) in [6, 6.07) is 8.83. The lowest BCUT2D eigenvalue weighted by Crippen LogP contribution is -2.31. The number of rotatable bonds is 2. The van der Waals surface area contributed by atoms with E-state index >= 15 is 0 Å². The van der Waals surface area contributed by atoms with E-state index in [1.54, 1.807) is 6.07 Å². The van der Waals surface area contributed by atoms with Crippen LogP contribution >= 0.6 is 0 Å². The summed E-state index contributed by atoms with van der Waals surface area (Å²) in [6.45, 7) is 1.43. The molecule has 6 nitrogen and oxygen atoms in total. The van der Waals surface area contributed by atoms with Gasteiger partial charge >= 0.3 is 0 Å². The number of nitrogens with zero attached hydrogens (tertiary/aromatic N) is 2. The molecule has 0 saturated heterocycles. The quantitative estimate of drug-likeness (QED) is 0.644. The molecule has 0 unspecified atom stereocenters. The average molecular weight is 305 g/mol. The summed E-state index contributed by atoms with van der Waals surface area (Å²) in [6.07, 6.45) is 2.02. The van der Waals surface area contributed by atoms with Crippen LogP contribution in [-0.4, -0.2) is 24.5 Å². The molecule has 3 N–H and O–H groups in total. The lowest BCUT2D eigenvalue weighted by atomic mass is 9.98. The molecule has 21 heavy (non-hydrogen) atoms. The molecular weight excluding hydrogens is 290 g/mol. The largest absolute Gasteiger partial charge is 0.398 e. The standard InChI is InChI=1S/C14H15N3O3S/c15-13-3-1-2-10-6-7-17(9-12(10)13)14-5-4-11(8-16-14)21(18,19)20/h1-5,8H,6-7,9,15H2,(H,18,19,20). The van der Waals surface area contributed by atoms with Gasteiger partial charge in [0.25, 0.3) is 10.1 Å². The lowest BCUT2D eigenvalue weighted by molar-refractivity contribution is 0.483. The van der Waals surface area contributed by atoms with Gasteiger partial charge in [-0.3, -0.25) is 4.55 Å². The molecule has 7 heteroatoms. The van der Waals surface area contributed by atoms with Gasteiger partial charge in [0.05, 0.1) is 6.20 Å². The number of aromatic nitrogens is 1. The second-order valence-corrected chi connectivity index (χ2v) is 6.41. The third-order valence-electron chi connectivity index (χ3n) is 3.65. The fourth-order valence-corrected chi connectivity index (χ4v) is 2.94. The normalized spacial score (nSPS) is 14.8. The van der Waals surface area contributed by atoms with Crippen molar-refractivity contribution in [3.8, 4) is 0 Å². The van der Waals surface area contributed by atoms with Crippen molar-refractivity contribution < 1.29 is 13.0 Å². The summed E-state index contributed by atoms with van der Waals surface area (Å²) in [5.41, 5.74) is 9.08. The maximum absolute atomic E-state index is 11.0. The molecular formula is C14H15N3O3S. The van der Waals surface area contributed by atoms with E-state index in [0.717, 1.165) is 30.4 Å². The van der Waals surface area contributed by atoms with E-state index in [-0.39, 0.29) is 4.90 Å². The van der Waals surface area contributed by atoms with E-state index < -0.39 is 10.1 Å². The van der Waals surface area contributed by atoms with Crippen molar-refractivity contribution in [2.75, 3.05) is 17.2 Å². The Morgan fingerprint density at radius 1 is 1.24 bits per heavy atom. The maximum atomic E-state index is 11.0. The van der Waals surface area contributed by atoms with Crippen LogP contribution in [0.4, 0.5) is 11.5 Å². The van der Waals surface area contributed by atoms with Crippen molar-refractivity contribution in [2.24, 2.45) is 0 Å². The van der Waals surface area contributed by atoms with Gasteiger partial charge < -0.3 is 10.6 Å². The Morgan fingerprint density at radius 3 is 2.71 bits per heavy atom. The molecule has 1 aromatic carbocycles. The summed E-state index contributed by atoms with van der Waals surface area (Å²) in [5, 5.41) is 0. The van der Waals surface area contributed by atoms with Crippen LogP contribution < -0.4 is 10.6 Å². The van der Waals surface area contributed by atoms with Gasteiger partial charge in [0, 0.05) is 18.8 Å². The number of fused-ring (bicyclic) bond motifs is 1. The number of hydrogen-bond acceptors (Lipinski definition) is 5. The average Bonchev–Trinajstić information content (AvgIpc) is 2.47. The minimum absolute atomic E-state index is 0.205. The van der Waals surface area contributed by atoms with Crippen LogP contribution in [0.3, 0.4) is 0 Å². The highest BCUT2D eigenvalue weighted by Crippen LogP contribution is 2.27. The molecule has 0 saturated carbocycles. The van der Waals surface area contributed by atoms with E-state index in [0.29, 0.717) is 12.4 Å². The van der Waals surface area contributed by atoms with Gasteiger partial charge in [-0.25, -0.2) is 4.98 Å². The van der Waals surface area contributed by atoms with Gasteiger partial charge in [-0.15, -0.1) is 0 Å². The highest BCUT2D eigenvalue weighted by Gasteiger charge is 2.19. The van der Waals surface area contributed by atoms with Crippen LogP contribution in [0.2, 0.25) is 0 Å². The van der Waals surface area contributed by atoms with Crippen molar-refractivity contribution in [1.82, 2.24) is 4.98 Å². The predicted molar refractivity (Wildman–Crippen MR) is 79.7 cm³/mol. The Balaban J connectivity index is 1.88. The van der Waals surface area contributed by atoms with Gasteiger partial charge in [-0.2, -0.15) is 8.42 Å². The summed E-state index contributed by atoms with van der Waals surface area (Å²) in [5.74, 6) is 0.663. The number of nitrogen functional groups attached to an aromatic ring is 1. The highest BCUT2D eigenvalue weighted by molar-refractivity contribution is 7.85. The number of hydrogen-bond donors (Lipinski definition) is 2. The maximum Gasteiger partial charge on any atom is 0.296 e. The Labute approximate surface area is 123 Å². The molecule has 0 atom stereocenters. The molecule has 1 aliphatic heterocycles. The van der Waals surface area contributed by atoms with Gasteiger partial charge in [-0.1, -0.05) is 12.1 Å². The Kier molecular flexibility index (Phi) is 3.30. The van der Waals surface area contributed by atoms with Crippen LogP contribution in [0.15, 0.2) is 41.4 Å². The first-order valence-electron chi connectivity index (χ1n) is 6.50. The van der Waals surface area contributed by atoms with E-state index in [9.17, 15) is 8.42 Å². The summed E-state index contributed by atoms with van der Waals surface area (Å²) < 4.78 is 31.0. The van der Waals surface area contributed by atoms with Crippen LogP contribution in [-0.2, 0) is 23.1 Å².